The van der Waals surface area contributed by atoms with Crippen molar-refractivity contribution in [3.8, 4) is 0 Å². The zero-order chi connectivity index (χ0) is 19.9. The van der Waals surface area contributed by atoms with E-state index in [2.05, 4.69) is 0 Å². The summed E-state index contributed by atoms with van der Waals surface area (Å²) in [6.45, 7) is 3.31. The van der Waals surface area contributed by atoms with Crippen LogP contribution in [0.5, 0.6) is 0 Å². The molecule has 1 fully saturated rings. The molecule has 0 aliphatic carbocycles. The molecule has 2 rings (SSSR count). The average molecular weight is 397 g/mol. The maximum atomic E-state index is 12.5. The molecule has 0 unspecified atom stereocenters. The number of sulfonamides is 1. The van der Waals surface area contributed by atoms with Crippen LogP contribution >= 0.6 is 0 Å². The third-order valence-corrected chi connectivity index (χ3v) is 5.74. The van der Waals surface area contributed by atoms with Crippen LogP contribution in [-0.4, -0.2) is 57.7 Å². The molecule has 1 aromatic rings. The minimum Gasteiger partial charge on any atom is -0.462 e. The topological polar surface area (TPSA) is 84.0 Å². The molecular weight excluding hydrogens is 368 g/mol. The molecule has 1 amide bonds. The molecule has 0 atom stereocenters. The number of esters is 1. The first-order chi connectivity index (χ1) is 12.8. The summed E-state index contributed by atoms with van der Waals surface area (Å²) >= 11 is 0. The van der Waals surface area contributed by atoms with Crippen LogP contribution in [-0.2, 0) is 19.6 Å². The molecule has 0 N–H and O–H groups in total. The van der Waals surface area contributed by atoms with Gasteiger partial charge in [-0.3, -0.25) is 9.10 Å². The standard InChI is InChI=1S/C19H28N2O5S/c1-3-26-19(23)16-10-6-7-11-17(16)21(27(2,24)25)15-12-18(22)20-13-8-4-5-9-14-20/h6-7,10-11H,3-5,8-9,12-15H2,1-2H3. The first kappa shape index (κ1) is 21.2. The average Bonchev–Trinajstić information content (AvgIpc) is 2.90. The number of likely N-dealkylation sites (tertiary alicyclic amines) is 1. The number of rotatable bonds is 7. The van der Waals surface area contributed by atoms with Gasteiger partial charge < -0.3 is 9.64 Å². The van der Waals surface area contributed by atoms with Gasteiger partial charge in [0.25, 0.3) is 0 Å². The van der Waals surface area contributed by atoms with Crippen molar-refractivity contribution in [2.24, 2.45) is 0 Å². The van der Waals surface area contributed by atoms with Gasteiger partial charge in [-0.2, -0.15) is 0 Å². The summed E-state index contributed by atoms with van der Waals surface area (Å²) in [5, 5.41) is 0. The van der Waals surface area contributed by atoms with Crippen molar-refractivity contribution in [1.82, 2.24) is 4.90 Å². The zero-order valence-electron chi connectivity index (χ0n) is 16.0. The number of benzene rings is 1. The van der Waals surface area contributed by atoms with Gasteiger partial charge >= 0.3 is 5.97 Å². The first-order valence-corrected chi connectivity index (χ1v) is 11.2. The highest BCUT2D eigenvalue weighted by atomic mass is 32.2. The molecule has 27 heavy (non-hydrogen) atoms. The van der Waals surface area contributed by atoms with Crippen molar-refractivity contribution in [3.63, 3.8) is 0 Å². The van der Waals surface area contributed by atoms with E-state index in [1.165, 1.54) is 6.07 Å². The molecule has 1 aliphatic rings. The number of nitrogens with zero attached hydrogens (tertiary/aromatic N) is 2. The quantitative estimate of drug-likeness (QED) is 0.661. The second-order valence-corrected chi connectivity index (χ2v) is 8.52. The van der Waals surface area contributed by atoms with Crippen molar-refractivity contribution >= 4 is 27.6 Å². The number of amides is 1. The second-order valence-electron chi connectivity index (χ2n) is 6.62. The normalized spacial score (nSPS) is 15.1. The Morgan fingerprint density at radius 1 is 1.11 bits per heavy atom. The summed E-state index contributed by atoms with van der Waals surface area (Å²) in [4.78, 5) is 26.6. The van der Waals surface area contributed by atoms with Crippen molar-refractivity contribution in [1.29, 1.82) is 0 Å². The number of ether oxygens (including phenoxy) is 1. The molecule has 8 heteroatoms. The van der Waals surface area contributed by atoms with Gasteiger partial charge in [0.05, 0.1) is 24.1 Å². The molecule has 150 valence electrons. The fourth-order valence-electron chi connectivity index (χ4n) is 3.21. The van der Waals surface area contributed by atoms with E-state index in [0.29, 0.717) is 0 Å². The number of para-hydroxylation sites is 1. The maximum absolute atomic E-state index is 12.5. The van der Waals surface area contributed by atoms with Crippen LogP contribution < -0.4 is 4.31 Å². The van der Waals surface area contributed by atoms with Gasteiger partial charge in [0.2, 0.25) is 15.9 Å². The van der Waals surface area contributed by atoms with Crippen LogP contribution in [0.4, 0.5) is 5.69 Å². The van der Waals surface area contributed by atoms with Crippen LogP contribution in [0.3, 0.4) is 0 Å². The Bertz CT molecular complexity index is 755. The molecule has 1 saturated heterocycles. The summed E-state index contributed by atoms with van der Waals surface area (Å²) in [6.07, 6.45) is 5.34. The monoisotopic (exact) mass is 396 g/mol. The Labute approximate surface area is 161 Å². The molecule has 1 aliphatic heterocycles. The highest BCUT2D eigenvalue weighted by Crippen LogP contribution is 2.24. The lowest BCUT2D eigenvalue weighted by molar-refractivity contribution is -0.130. The molecule has 7 nitrogen and oxygen atoms in total. The van der Waals surface area contributed by atoms with E-state index < -0.39 is 16.0 Å². The van der Waals surface area contributed by atoms with Crippen LogP contribution in [0.25, 0.3) is 0 Å². The first-order valence-electron chi connectivity index (χ1n) is 9.36. The molecular formula is C19H28N2O5S. The van der Waals surface area contributed by atoms with Crippen LogP contribution in [0, 0.1) is 0 Å². The Kier molecular flexibility index (Phi) is 7.65. The summed E-state index contributed by atoms with van der Waals surface area (Å²) in [5.41, 5.74) is 0.411. The maximum Gasteiger partial charge on any atom is 0.340 e. The highest BCUT2D eigenvalue weighted by Gasteiger charge is 2.25. The fraction of sp³-hybridized carbons (Fsp3) is 0.579. The van der Waals surface area contributed by atoms with Gasteiger partial charge in [-0.05, 0) is 31.9 Å². The SMILES string of the molecule is CCOC(=O)c1ccccc1N(CCC(=O)N1CCCCCC1)S(C)(=O)=O. The molecule has 0 bridgehead atoms. The largest absolute Gasteiger partial charge is 0.462 e. The zero-order valence-corrected chi connectivity index (χ0v) is 16.8. The van der Waals surface area contributed by atoms with Crippen LogP contribution in [0.1, 0.15) is 49.4 Å². The smallest absolute Gasteiger partial charge is 0.340 e. The Balaban J connectivity index is 2.19. The highest BCUT2D eigenvalue weighted by molar-refractivity contribution is 7.92. The van der Waals surface area contributed by atoms with Crippen molar-refractivity contribution < 1.29 is 22.7 Å². The lowest BCUT2D eigenvalue weighted by Crippen LogP contribution is -2.37. The molecule has 0 spiro atoms. The molecule has 1 aromatic carbocycles. The molecule has 1 heterocycles. The van der Waals surface area contributed by atoms with E-state index >= 15 is 0 Å². The van der Waals surface area contributed by atoms with Gasteiger partial charge in [-0.15, -0.1) is 0 Å². The van der Waals surface area contributed by atoms with E-state index in [0.717, 1.165) is 49.3 Å². The number of hydrogen-bond acceptors (Lipinski definition) is 5. The molecule has 0 aromatic heterocycles. The number of carbonyl (C=O) groups is 2. The van der Waals surface area contributed by atoms with Gasteiger partial charge in [-0.25, -0.2) is 13.2 Å². The Morgan fingerprint density at radius 3 is 2.33 bits per heavy atom. The van der Waals surface area contributed by atoms with Crippen LogP contribution in [0.15, 0.2) is 24.3 Å². The minimum absolute atomic E-state index is 0.00934. The van der Waals surface area contributed by atoms with E-state index in [-0.39, 0.29) is 36.7 Å². The minimum atomic E-state index is -3.67. The summed E-state index contributed by atoms with van der Waals surface area (Å²) in [6, 6.07) is 6.40. The van der Waals surface area contributed by atoms with Gasteiger partial charge in [-0.1, -0.05) is 25.0 Å². The fourth-order valence-corrected chi connectivity index (χ4v) is 4.15. The lowest BCUT2D eigenvalue weighted by Gasteiger charge is -2.26. The molecule has 0 saturated carbocycles. The van der Waals surface area contributed by atoms with Crippen molar-refractivity contribution in [2.75, 3.05) is 36.8 Å². The summed E-state index contributed by atoms with van der Waals surface area (Å²) in [7, 11) is -3.67. The van der Waals surface area contributed by atoms with Gasteiger partial charge in [0.1, 0.15) is 0 Å². The van der Waals surface area contributed by atoms with E-state index in [9.17, 15) is 18.0 Å². The summed E-state index contributed by atoms with van der Waals surface area (Å²) in [5.74, 6) is -0.639. The van der Waals surface area contributed by atoms with Crippen LogP contribution in [0.2, 0.25) is 0 Å². The number of anilines is 1. The second kappa shape index (κ2) is 9.73. The van der Waals surface area contributed by atoms with E-state index in [4.69, 9.17) is 4.74 Å². The summed E-state index contributed by atoms with van der Waals surface area (Å²) < 4.78 is 30.9. The Hall–Kier alpha value is -2.09. The third-order valence-electron chi connectivity index (χ3n) is 4.56. The Morgan fingerprint density at radius 2 is 1.74 bits per heavy atom. The lowest BCUT2D eigenvalue weighted by atomic mass is 10.1. The number of carbonyl (C=O) groups excluding carboxylic acids is 2. The molecule has 0 radical (unpaired) electrons. The predicted molar refractivity (Wildman–Crippen MR) is 104 cm³/mol. The van der Waals surface area contributed by atoms with Gasteiger partial charge in [0, 0.05) is 26.1 Å². The predicted octanol–water partition coefficient (Wildman–Crippen LogP) is 2.42. The van der Waals surface area contributed by atoms with Crippen molar-refractivity contribution in [2.45, 2.75) is 39.0 Å². The van der Waals surface area contributed by atoms with Crippen molar-refractivity contribution in [3.05, 3.63) is 29.8 Å². The van der Waals surface area contributed by atoms with Gasteiger partial charge in [0.15, 0.2) is 0 Å². The van der Waals surface area contributed by atoms with E-state index in [1.54, 1.807) is 25.1 Å². The third kappa shape index (κ3) is 5.95. The number of hydrogen-bond donors (Lipinski definition) is 0. The van der Waals surface area contributed by atoms with E-state index in [1.807, 2.05) is 4.90 Å².